The molecule has 0 saturated heterocycles. The summed E-state index contributed by atoms with van der Waals surface area (Å²) >= 11 is 3.38. The highest BCUT2D eigenvalue weighted by Gasteiger charge is 2.16. The molecule has 0 fully saturated rings. The molecule has 7 heteroatoms. The van der Waals surface area contributed by atoms with Crippen molar-refractivity contribution < 1.29 is 23.8 Å². The normalized spacial score (nSPS) is 10.9. The minimum absolute atomic E-state index is 0.225. The number of rotatable bonds is 6. The molecule has 0 bridgehead atoms. The lowest BCUT2D eigenvalue weighted by atomic mass is 10.1. The molecule has 0 aliphatic rings. The van der Waals surface area contributed by atoms with Gasteiger partial charge in [-0.2, -0.15) is 0 Å². The Morgan fingerprint density at radius 2 is 2.08 bits per heavy atom. The van der Waals surface area contributed by atoms with E-state index >= 15 is 0 Å². The van der Waals surface area contributed by atoms with Crippen molar-refractivity contribution in [1.82, 2.24) is 0 Å². The number of allylic oxidation sites excluding steroid dienone is 1. The van der Waals surface area contributed by atoms with E-state index in [0.717, 1.165) is 0 Å². The van der Waals surface area contributed by atoms with Crippen molar-refractivity contribution in [2.75, 3.05) is 13.7 Å². The molecule has 0 spiro atoms. The van der Waals surface area contributed by atoms with Gasteiger partial charge in [-0.1, -0.05) is 6.08 Å². The van der Waals surface area contributed by atoms with Crippen LogP contribution in [0.5, 0.6) is 17.2 Å². The fraction of sp³-hybridized carbons (Fsp3) is 0.222. The van der Waals surface area contributed by atoms with Gasteiger partial charge in [0, 0.05) is 6.07 Å². The monoisotopic (exact) mass is 408 g/mol. The molecule has 0 aliphatic heterocycles. The van der Waals surface area contributed by atoms with Crippen molar-refractivity contribution in [2.45, 2.75) is 13.8 Å². The number of methoxy groups -OCH3 is 1. The third-order valence-corrected chi connectivity index (χ3v) is 3.85. The van der Waals surface area contributed by atoms with Crippen LogP contribution in [-0.4, -0.2) is 24.6 Å². The zero-order valence-electron chi connectivity index (χ0n) is 14.0. The Bertz CT molecular complexity index is 882. The van der Waals surface area contributed by atoms with Crippen LogP contribution < -0.4 is 15.1 Å². The molecule has 132 valence electrons. The van der Waals surface area contributed by atoms with Gasteiger partial charge in [0.1, 0.15) is 17.1 Å². The maximum Gasteiger partial charge on any atom is 0.351 e. The average Bonchev–Trinajstić information content (AvgIpc) is 2.52. The van der Waals surface area contributed by atoms with Gasteiger partial charge < -0.3 is 19.0 Å². The molecule has 2 aromatic rings. The molecule has 25 heavy (non-hydrogen) atoms. The zero-order chi connectivity index (χ0) is 18.6. The fourth-order valence-corrected chi connectivity index (χ4v) is 2.84. The molecule has 2 rings (SSSR count). The number of aryl methyl sites for hydroxylation is 1. The summed E-state index contributed by atoms with van der Waals surface area (Å²) in [6.45, 7) is 3.81. The van der Waals surface area contributed by atoms with Crippen LogP contribution in [0.1, 0.15) is 28.6 Å². The highest BCUT2D eigenvalue weighted by atomic mass is 79.9. The Morgan fingerprint density at radius 3 is 2.68 bits per heavy atom. The van der Waals surface area contributed by atoms with Crippen LogP contribution in [0, 0.1) is 6.92 Å². The Labute approximate surface area is 152 Å². The number of hydrogen-bond acceptors (Lipinski definition) is 6. The van der Waals surface area contributed by atoms with Crippen LogP contribution >= 0.6 is 15.9 Å². The molecule has 1 heterocycles. The van der Waals surface area contributed by atoms with E-state index in [4.69, 9.17) is 13.9 Å². The summed E-state index contributed by atoms with van der Waals surface area (Å²) in [6, 6.07) is 4.66. The summed E-state index contributed by atoms with van der Waals surface area (Å²) < 4.78 is 16.3. The van der Waals surface area contributed by atoms with Crippen LogP contribution in [0.15, 0.2) is 38.0 Å². The fourth-order valence-electron chi connectivity index (χ4n) is 2.22. The van der Waals surface area contributed by atoms with Gasteiger partial charge in [0.2, 0.25) is 0 Å². The number of hydrogen-bond donors (Lipinski definition) is 1. The van der Waals surface area contributed by atoms with Crippen molar-refractivity contribution in [3.05, 3.63) is 56.1 Å². The van der Waals surface area contributed by atoms with E-state index in [1.54, 1.807) is 12.1 Å². The topological polar surface area (TPSA) is 86.0 Å². The van der Waals surface area contributed by atoms with Gasteiger partial charge in [0.15, 0.2) is 17.3 Å². The third kappa shape index (κ3) is 4.30. The number of ether oxygens (including phenoxy) is 2. The predicted octanol–water partition coefficient (Wildman–Crippen LogP) is 3.72. The maximum absolute atomic E-state index is 12.2. The molecule has 0 amide bonds. The SMILES string of the molecule is CCOc1cc(/C=C/C(=O)c2c(O)cc(C)oc2=O)cc(Br)c1OC. The van der Waals surface area contributed by atoms with Crippen molar-refractivity contribution in [3.63, 3.8) is 0 Å². The molecular formula is C18H17BrO6. The lowest BCUT2D eigenvalue weighted by Crippen LogP contribution is -2.12. The lowest BCUT2D eigenvalue weighted by Gasteiger charge is -2.12. The van der Waals surface area contributed by atoms with E-state index in [2.05, 4.69) is 15.9 Å². The van der Waals surface area contributed by atoms with Crippen molar-refractivity contribution in [1.29, 1.82) is 0 Å². The van der Waals surface area contributed by atoms with Crippen molar-refractivity contribution in [3.8, 4) is 17.2 Å². The lowest BCUT2D eigenvalue weighted by molar-refractivity contribution is 0.104. The number of benzene rings is 1. The second-order valence-corrected chi connectivity index (χ2v) is 5.92. The smallest absolute Gasteiger partial charge is 0.351 e. The van der Waals surface area contributed by atoms with E-state index in [0.29, 0.717) is 28.1 Å². The number of carbonyl (C=O) groups excluding carboxylic acids is 1. The Balaban J connectivity index is 2.36. The number of aromatic hydroxyl groups is 1. The van der Waals surface area contributed by atoms with Gasteiger partial charge in [-0.15, -0.1) is 0 Å². The molecule has 1 aromatic heterocycles. The minimum Gasteiger partial charge on any atom is -0.507 e. The van der Waals surface area contributed by atoms with E-state index in [1.807, 2.05) is 6.92 Å². The van der Waals surface area contributed by atoms with Gasteiger partial charge in [-0.25, -0.2) is 4.79 Å². The number of ketones is 1. The van der Waals surface area contributed by atoms with Crippen LogP contribution in [-0.2, 0) is 0 Å². The number of carbonyl (C=O) groups is 1. The molecule has 0 radical (unpaired) electrons. The second-order valence-electron chi connectivity index (χ2n) is 5.07. The van der Waals surface area contributed by atoms with Crippen molar-refractivity contribution >= 4 is 27.8 Å². The van der Waals surface area contributed by atoms with E-state index in [-0.39, 0.29) is 5.76 Å². The Morgan fingerprint density at radius 1 is 1.36 bits per heavy atom. The first kappa shape index (κ1) is 18.8. The average molecular weight is 409 g/mol. The quantitative estimate of drug-likeness (QED) is 0.578. The summed E-state index contributed by atoms with van der Waals surface area (Å²) in [6.07, 6.45) is 2.69. The minimum atomic E-state index is -0.877. The van der Waals surface area contributed by atoms with E-state index < -0.39 is 22.7 Å². The van der Waals surface area contributed by atoms with Gasteiger partial charge in [-0.05, 0) is 53.5 Å². The summed E-state index contributed by atoms with van der Waals surface area (Å²) in [5.74, 6) is 0.222. The summed E-state index contributed by atoms with van der Waals surface area (Å²) in [5, 5.41) is 9.81. The molecular weight excluding hydrogens is 392 g/mol. The second kappa shape index (κ2) is 8.02. The standard InChI is InChI=1S/C18H17BrO6/c1-4-24-15-9-11(8-12(19)17(15)23-3)5-6-13(20)16-14(21)7-10(2)25-18(16)22/h5-9,21H,4H2,1-3H3/b6-5+. The van der Waals surface area contributed by atoms with E-state index in [9.17, 15) is 14.7 Å². The molecule has 0 saturated carbocycles. The van der Waals surface area contributed by atoms with Gasteiger partial charge in [0.05, 0.1) is 18.2 Å². The first-order valence-electron chi connectivity index (χ1n) is 7.43. The van der Waals surface area contributed by atoms with Gasteiger partial charge in [-0.3, -0.25) is 4.79 Å². The van der Waals surface area contributed by atoms with Crippen molar-refractivity contribution in [2.24, 2.45) is 0 Å². The predicted molar refractivity (Wildman–Crippen MR) is 96.6 cm³/mol. The first-order chi connectivity index (χ1) is 11.9. The van der Waals surface area contributed by atoms with Crippen LogP contribution in [0.2, 0.25) is 0 Å². The first-order valence-corrected chi connectivity index (χ1v) is 8.23. The molecule has 0 aliphatic carbocycles. The van der Waals surface area contributed by atoms with Gasteiger partial charge in [0.25, 0.3) is 0 Å². The Hall–Kier alpha value is -2.54. The molecule has 1 aromatic carbocycles. The molecule has 1 N–H and O–H groups in total. The maximum atomic E-state index is 12.2. The van der Waals surface area contributed by atoms with Crippen LogP contribution in [0.3, 0.4) is 0 Å². The van der Waals surface area contributed by atoms with Crippen LogP contribution in [0.25, 0.3) is 6.08 Å². The number of halogens is 1. The van der Waals surface area contributed by atoms with Gasteiger partial charge >= 0.3 is 5.63 Å². The summed E-state index contributed by atoms with van der Waals surface area (Å²) in [5.41, 5.74) is -0.627. The highest BCUT2D eigenvalue weighted by molar-refractivity contribution is 9.10. The molecule has 0 atom stereocenters. The summed E-state index contributed by atoms with van der Waals surface area (Å²) in [7, 11) is 1.53. The molecule has 6 nitrogen and oxygen atoms in total. The van der Waals surface area contributed by atoms with Crippen LogP contribution in [0.4, 0.5) is 0 Å². The Kier molecular flexibility index (Phi) is 6.03. The zero-order valence-corrected chi connectivity index (χ0v) is 15.5. The van der Waals surface area contributed by atoms with E-state index in [1.165, 1.54) is 32.3 Å². The largest absolute Gasteiger partial charge is 0.507 e. The highest BCUT2D eigenvalue weighted by Crippen LogP contribution is 2.37. The molecule has 0 unspecified atom stereocenters. The summed E-state index contributed by atoms with van der Waals surface area (Å²) in [4.78, 5) is 24.0. The third-order valence-electron chi connectivity index (χ3n) is 3.26.